The van der Waals surface area contributed by atoms with Gasteiger partial charge in [0.15, 0.2) is 5.82 Å². The molecule has 32 heavy (non-hydrogen) atoms. The van der Waals surface area contributed by atoms with Gasteiger partial charge in [0, 0.05) is 12.4 Å². The van der Waals surface area contributed by atoms with Crippen LogP contribution < -0.4 is 9.46 Å². The lowest BCUT2D eigenvalue weighted by atomic mass is 10.0. The molecule has 4 aromatic rings. The number of fused-ring (bicyclic) bond motifs is 1. The van der Waals surface area contributed by atoms with Crippen LogP contribution in [0.1, 0.15) is 15.9 Å². The molecule has 0 aliphatic heterocycles. The van der Waals surface area contributed by atoms with E-state index in [-0.39, 0.29) is 22.3 Å². The summed E-state index contributed by atoms with van der Waals surface area (Å²) in [5.41, 5.74) is -1.59. The number of sulfonamides is 1. The minimum atomic E-state index is -4.56. The van der Waals surface area contributed by atoms with Gasteiger partial charge in [0.25, 0.3) is 10.0 Å². The average molecular weight is 461 g/mol. The number of ether oxygens (including phenoxy) is 1. The molecule has 2 aromatic carbocycles. The number of hydrogen-bond donors (Lipinski definition) is 2. The smallest absolute Gasteiger partial charge is 0.264 e. The van der Waals surface area contributed by atoms with Crippen LogP contribution in [0.25, 0.3) is 11.0 Å². The molecule has 0 amide bonds. The molecular weight excluding hydrogens is 447 g/mol. The minimum absolute atomic E-state index is 0.128. The van der Waals surface area contributed by atoms with E-state index >= 15 is 4.39 Å². The van der Waals surface area contributed by atoms with Crippen molar-refractivity contribution < 1.29 is 31.1 Å². The van der Waals surface area contributed by atoms with Crippen LogP contribution in [0.4, 0.5) is 18.9 Å². The molecular formula is C21H14F3N3O4S. The highest BCUT2D eigenvalue weighted by molar-refractivity contribution is 7.92. The number of aromatic nitrogens is 2. The first-order chi connectivity index (χ1) is 15.2. The summed E-state index contributed by atoms with van der Waals surface area (Å²) in [5.74, 6) is -4.54. The molecule has 0 aliphatic carbocycles. The number of aromatic amines is 1. The SMILES string of the molecule is COc1ccnc2[nH]cc(C(=O)c3c(F)ccc(NS(=O)(=O)c4ccccc4F)c3F)c12. The molecule has 4 rings (SSSR count). The number of rotatable bonds is 6. The van der Waals surface area contributed by atoms with Gasteiger partial charge in [-0.05, 0) is 30.3 Å². The Morgan fingerprint density at radius 3 is 2.53 bits per heavy atom. The molecule has 2 heterocycles. The Labute approximate surface area is 179 Å². The second kappa shape index (κ2) is 8.00. The molecule has 0 saturated heterocycles. The zero-order chi connectivity index (χ0) is 23.0. The van der Waals surface area contributed by atoms with E-state index in [4.69, 9.17) is 4.74 Å². The van der Waals surface area contributed by atoms with Gasteiger partial charge in [-0.3, -0.25) is 9.52 Å². The monoisotopic (exact) mass is 461 g/mol. The van der Waals surface area contributed by atoms with Gasteiger partial charge in [0.2, 0.25) is 5.78 Å². The van der Waals surface area contributed by atoms with Gasteiger partial charge < -0.3 is 9.72 Å². The highest BCUT2D eigenvalue weighted by Gasteiger charge is 2.28. The highest BCUT2D eigenvalue weighted by atomic mass is 32.2. The fourth-order valence-corrected chi connectivity index (χ4v) is 4.35. The summed E-state index contributed by atoms with van der Waals surface area (Å²) in [7, 11) is -3.20. The van der Waals surface area contributed by atoms with E-state index in [0.717, 1.165) is 24.3 Å². The van der Waals surface area contributed by atoms with E-state index in [2.05, 4.69) is 9.97 Å². The molecule has 164 valence electrons. The fraction of sp³-hybridized carbons (Fsp3) is 0.0476. The minimum Gasteiger partial charge on any atom is -0.496 e. The van der Waals surface area contributed by atoms with E-state index in [0.29, 0.717) is 0 Å². The van der Waals surface area contributed by atoms with E-state index in [1.807, 2.05) is 4.72 Å². The first-order valence-electron chi connectivity index (χ1n) is 9.04. The molecule has 2 N–H and O–H groups in total. The molecule has 0 fully saturated rings. The van der Waals surface area contributed by atoms with Crippen LogP contribution in [-0.4, -0.2) is 31.3 Å². The Hall–Kier alpha value is -3.86. The zero-order valence-corrected chi connectivity index (χ0v) is 17.1. The van der Waals surface area contributed by atoms with E-state index in [9.17, 15) is 22.0 Å². The quantitative estimate of drug-likeness (QED) is 0.423. The van der Waals surface area contributed by atoms with Gasteiger partial charge in [-0.25, -0.2) is 26.6 Å². The van der Waals surface area contributed by atoms with Crippen LogP contribution in [0.3, 0.4) is 0 Å². The Bertz CT molecular complexity index is 1470. The van der Waals surface area contributed by atoms with Crippen molar-refractivity contribution in [3.05, 3.63) is 83.4 Å². The maximum absolute atomic E-state index is 15.2. The number of halogens is 3. The van der Waals surface area contributed by atoms with Crippen molar-refractivity contribution in [3.63, 3.8) is 0 Å². The van der Waals surface area contributed by atoms with Crippen molar-refractivity contribution in [1.29, 1.82) is 0 Å². The summed E-state index contributed by atoms with van der Waals surface area (Å²) in [6, 6.07) is 7.48. The molecule has 0 aliphatic rings. The number of anilines is 1. The van der Waals surface area contributed by atoms with Gasteiger partial charge >= 0.3 is 0 Å². The third-order valence-corrected chi connectivity index (χ3v) is 6.09. The Kier molecular flexibility index (Phi) is 5.35. The Morgan fingerprint density at radius 1 is 1.06 bits per heavy atom. The summed E-state index contributed by atoms with van der Waals surface area (Å²) in [4.78, 5) is 19.1. The lowest BCUT2D eigenvalue weighted by Crippen LogP contribution is -2.17. The van der Waals surface area contributed by atoms with Gasteiger partial charge in [0.1, 0.15) is 27.9 Å². The molecule has 11 heteroatoms. The Balaban J connectivity index is 1.80. The molecule has 0 unspecified atom stereocenters. The van der Waals surface area contributed by atoms with Crippen molar-refractivity contribution in [2.75, 3.05) is 11.8 Å². The third kappa shape index (κ3) is 3.56. The molecule has 7 nitrogen and oxygen atoms in total. The lowest BCUT2D eigenvalue weighted by Gasteiger charge is -2.12. The first kappa shape index (κ1) is 21.4. The van der Waals surface area contributed by atoms with Crippen molar-refractivity contribution in [3.8, 4) is 5.75 Å². The Morgan fingerprint density at radius 2 is 1.81 bits per heavy atom. The van der Waals surface area contributed by atoms with Crippen LogP contribution in [-0.2, 0) is 10.0 Å². The van der Waals surface area contributed by atoms with Crippen molar-refractivity contribution in [1.82, 2.24) is 9.97 Å². The number of pyridine rings is 1. The summed E-state index contributed by atoms with van der Waals surface area (Å²) in [5, 5.41) is 0.205. The molecule has 0 spiro atoms. The second-order valence-corrected chi connectivity index (χ2v) is 8.24. The van der Waals surface area contributed by atoms with Gasteiger partial charge in [-0.2, -0.15) is 0 Å². The van der Waals surface area contributed by atoms with E-state index < -0.39 is 49.4 Å². The third-order valence-electron chi connectivity index (χ3n) is 4.69. The number of carbonyl (C=O) groups is 1. The maximum Gasteiger partial charge on any atom is 0.264 e. The van der Waals surface area contributed by atoms with Gasteiger partial charge in [0.05, 0.1) is 29.3 Å². The van der Waals surface area contributed by atoms with Gasteiger partial charge in [-0.15, -0.1) is 0 Å². The number of hydrogen-bond acceptors (Lipinski definition) is 5. The lowest BCUT2D eigenvalue weighted by molar-refractivity contribution is 0.103. The van der Waals surface area contributed by atoms with E-state index in [1.54, 1.807) is 0 Å². The van der Waals surface area contributed by atoms with Crippen molar-refractivity contribution in [2.24, 2.45) is 0 Å². The molecule has 0 saturated carbocycles. The summed E-state index contributed by atoms with van der Waals surface area (Å²) in [6.45, 7) is 0. The average Bonchev–Trinajstić information content (AvgIpc) is 3.20. The largest absolute Gasteiger partial charge is 0.496 e. The number of methoxy groups -OCH3 is 1. The second-order valence-electron chi connectivity index (χ2n) is 6.59. The first-order valence-corrected chi connectivity index (χ1v) is 10.5. The van der Waals surface area contributed by atoms with Crippen molar-refractivity contribution in [2.45, 2.75) is 4.90 Å². The zero-order valence-electron chi connectivity index (χ0n) is 16.3. The standard InChI is InChI=1S/C21H14F3N3O4S/c1-31-15-8-9-25-21-17(15)11(10-26-21)20(28)18-13(23)6-7-14(19(18)24)27-32(29,30)16-5-3-2-4-12(16)22/h2-10,27H,1H3,(H,25,26). The maximum atomic E-state index is 15.2. The van der Waals surface area contributed by atoms with Crippen molar-refractivity contribution >= 4 is 32.5 Å². The topological polar surface area (TPSA) is 101 Å². The molecule has 2 aromatic heterocycles. The molecule has 0 radical (unpaired) electrons. The summed E-state index contributed by atoms with van der Waals surface area (Å²) in [6.07, 6.45) is 2.64. The molecule has 0 bridgehead atoms. The normalized spacial score (nSPS) is 11.5. The number of H-pyrrole nitrogens is 1. The predicted octanol–water partition coefficient (Wildman–Crippen LogP) is 4.02. The number of carbonyl (C=O) groups excluding carboxylic acids is 1. The number of nitrogens with zero attached hydrogens (tertiary/aromatic N) is 1. The summed E-state index contributed by atoms with van der Waals surface area (Å²) >= 11 is 0. The number of ketones is 1. The summed E-state index contributed by atoms with van der Waals surface area (Å²) < 4.78 is 75.7. The number of nitrogens with one attached hydrogen (secondary N) is 2. The predicted molar refractivity (Wildman–Crippen MR) is 110 cm³/mol. The number of benzene rings is 2. The van der Waals surface area contributed by atoms with Crippen LogP contribution >= 0.6 is 0 Å². The molecule has 0 atom stereocenters. The van der Waals surface area contributed by atoms with Gasteiger partial charge in [-0.1, -0.05) is 12.1 Å². The van der Waals surface area contributed by atoms with E-state index in [1.165, 1.54) is 37.7 Å². The van der Waals surface area contributed by atoms with Crippen LogP contribution in [0, 0.1) is 17.5 Å². The highest BCUT2D eigenvalue weighted by Crippen LogP contribution is 2.32. The van der Waals surface area contributed by atoms with Crippen LogP contribution in [0.15, 0.2) is 59.8 Å². The fourth-order valence-electron chi connectivity index (χ4n) is 3.21. The van der Waals surface area contributed by atoms with Crippen LogP contribution in [0.2, 0.25) is 0 Å². The van der Waals surface area contributed by atoms with Crippen LogP contribution in [0.5, 0.6) is 5.75 Å².